The zero-order valence-electron chi connectivity index (χ0n) is 13.2. The van der Waals surface area contributed by atoms with E-state index < -0.39 is 11.6 Å². The van der Waals surface area contributed by atoms with Crippen LogP contribution in [-0.2, 0) is 0 Å². The Labute approximate surface area is 147 Å². The number of rotatable bonds is 7. The maximum atomic E-state index is 13.9. The molecule has 0 unspecified atom stereocenters. The number of aromatic nitrogens is 4. The smallest absolute Gasteiger partial charge is 0.183 e. The third-order valence-electron chi connectivity index (χ3n) is 3.81. The summed E-state index contributed by atoms with van der Waals surface area (Å²) in [5, 5.41) is 3.54. The maximum Gasteiger partial charge on any atom is 0.183 e. The van der Waals surface area contributed by atoms with Crippen LogP contribution in [0.15, 0.2) is 24.7 Å². The largest absolute Gasteiger partial charge is 0.367 e. The first-order chi connectivity index (χ1) is 12.2. The summed E-state index contributed by atoms with van der Waals surface area (Å²) in [6.45, 7) is 0.571. The van der Waals surface area contributed by atoms with Gasteiger partial charge in [0.2, 0.25) is 0 Å². The van der Waals surface area contributed by atoms with E-state index in [0.29, 0.717) is 35.0 Å². The van der Waals surface area contributed by atoms with Crippen molar-refractivity contribution in [2.45, 2.75) is 18.9 Å². The van der Waals surface area contributed by atoms with E-state index in [9.17, 15) is 8.78 Å². The molecule has 0 saturated heterocycles. The van der Waals surface area contributed by atoms with Crippen LogP contribution in [0.5, 0.6) is 0 Å². The summed E-state index contributed by atoms with van der Waals surface area (Å²) in [6.07, 6.45) is 6.35. The lowest BCUT2D eigenvalue weighted by atomic mass is 10.2. The number of aromatic amines is 1. The standard InChI is InChI=1S/C16H16F2N6S/c17-9-5-11-12(7-21-14(11)20-6-9)15-22-8-13(18)16(23-15)19-3-4-25-24-10-1-2-10/h5-8,10,24H,1-4H2,(H,20,21)(H,19,22,23). The minimum Gasteiger partial charge on any atom is -0.367 e. The molecule has 3 aromatic rings. The molecule has 0 amide bonds. The van der Waals surface area contributed by atoms with E-state index in [2.05, 4.69) is 30.0 Å². The quantitative estimate of drug-likeness (QED) is 0.443. The topological polar surface area (TPSA) is 78.5 Å². The highest BCUT2D eigenvalue weighted by atomic mass is 32.2. The maximum absolute atomic E-state index is 13.9. The molecule has 9 heteroatoms. The van der Waals surface area contributed by atoms with Crippen LogP contribution in [0.3, 0.4) is 0 Å². The van der Waals surface area contributed by atoms with Crippen molar-refractivity contribution in [1.29, 1.82) is 0 Å². The van der Waals surface area contributed by atoms with Crippen LogP contribution in [0.2, 0.25) is 0 Å². The van der Waals surface area contributed by atoms with E-state index in [0.717, 1.165) is 18.1 Å². The predicted molar refractivity (Wildman–Crippen MR) is 94.1 cm³/mol. The second-order valence-corrected chi connectivity index (χ2v) is 6.74. The van der Waals surface area contributed by atoms with Gasteiger partial charge in [-0.15, -0.1) is 0 Å². The first-order valence-corrected chi connectivity index (χ1v) is 8.96. The lowest BCUT2D eigenvalue weighted by molar-refractivity contribution is 0.618. The molecule has 25 heavy (non-hydrogen) atoms. The van der Waals surface area contributed by atoms with Crippen LogP contribution >= 0.6 is 11.9 Å². The molecule has 130 valence electrons. The Morgan fingerprint density at radius 3 is 2.96 bits per heavy atom. The molecule has 4 rings (SSSR count). The molecule has 0 bridgehead atoms. The Morgan fingerprint density at radius 2 is 2.12 bits per heavy atom. The summed E-state index contributed by atoms with van der Waals surface area (Å²) < 4.78 is 30.7. The fraction of sp³-hybridized carbons (Fsp3) is 0.312. The van der Waals surface area contributed by atoms with E-state index in [-0.39, 0.29) is 5.82 Å². The highest BCUT2D eigenvalue weighted by Gasteiger charge is 2.20. The molecule has 1 aliphatic carbocycles. The van der Waals surface area contributed by atoms with Gasteiger partial charge in [0.15, 0.2) is 17.5 Å². The Morgan fingerprint density at radius 1 is 1.24 bits per heavy atom. The fourth-order valence-electron chi connectivity index (χ4n) is 2.38. The average molecular weight is 362 g/mol. The highest BCUT2D eigenvalue weighted by Crippen LogP contribution is 2.26. The van der Waals surface area contributed by atoms with Crippen LogP contribution < -0.4 is 10.0 Å². The first-order valence-electron chi connectivity index (χ1n) is 7.97. The fourth-order valence-corrected chi connectivity index (χ4v) is 3.18. The van der Waals surface area contributed by atoms with Gasteiger partial charge in [-0.05, 0) is 18.9 Å². The van der Waals surface area contributed by atoms with Gasteiger partial charge in [0, 0.05) is 35.5 Å². The number of pyridine rings is 1. The van der Waals surface area contributed by atoms with Crippen molar-refractivity contribution in [1.82, 2.24) is 24.7 Å². The van der Waals surface area contributed by atoms with Gasteiger partial charge >= 0.3 is 0 Å². The molecule has 0 aliphatic heterocycles. The third kappa shape index (κ3) is 3.72. The number of nitrogens with one attached hydrogen (secondary N) is 3. The van der Waals surface area contributed by atoms with Crippen molar-refractivity contribution in [3.8, 4) is 11.4 Å². The molecule has 0 atom stereocenters. The summed E-state index contributed by atoms with van der Waals surface area (Å²) in [7, 11) is 0. The number of H-pyrrole nitrogens is 1. The summed E-state index contributed by atoms with van der Waals surface area (Å²) >= 11 is 1.62. The summed E-state index contributed by atoms with van der Waals surface area (Å²) in [6, 6.07) is 1.98. The van der Waals surface area contributed by atoms with Gasteiger partial charge in [-0.3, -0.25) is 4.72 Å². The van der Waals surface area contributed by atoms with Gasteiger partial charge in [0.1, 0.15) is 11.5 Å². The average Bonchev–Trinajstić information content (AvgIpc) is 3.34. The zero-order valence-corrected chi connectivity index (χ0v) is 14.0. The molecule has 0 spiro atoms. The minimum absolute atomic E-state index is 0.135. The normalized spacial score (nSPS) is 14.2. The Bertz CT molecular complexity index is 895. The zero-order chi connectivity index (χ0) is 17.2. The van der Waals surface area contributed by atoms with Crippen molar-refractivity contribution < 1.29 is 8.78 Å². The number of nitrogens with zero attached hydrogens (tertiary/aromatic N) is 3. The SMILES string of the molecule is Fc1cnc2[nH]cc(-c3ncc(F)c(NCCSNC4CC4)n3)c2c1. The van der Waals surface area contributed by atoms with Crippen molar-refractivity contribution in [3.05, 3.63) is 36.3 Å². The first kappa shape index (κ1) is 16.2. The van der Waals surface area contributed by atoms with Crippen LogP contribution in [0, 0.1) is 11.6 Å². The van der Waals surface area contributed by atoms with Gasteiger partial charge < -0.3 is 10.3 Å². The predicted octanol–water partition coefficient (Wildman–Crippen LogP) is 3.11. The van der Waals surface area contributed by atoms with Crippen LogP contribution in [0.1, 0.15) is 12.8 Å². The Kier molecular flexibility index (Phi) is 4.50. The number of anilines is 1. The van der Waals surface area contributed by atoms with Crippen LogP contribution in [-0.4, -0.2) is 38.3 Å². The molecule has 3 N–H and O–H groups in total. The van der Waals surface area contributed by atoms with Crippen molar-refractivity contribution in [2.75, 3.05) is 17.6 Å². The van der Waals surface area contributed by atoms with E-state index in [1.54, 1.807) is 18.1 Å². The second-order valence-electron chi connectivity index (χ2n) is 5.81. The molecule has 1 aliphatic rings. The molecule has 1 saturated carbocycles. The van der Waals surface area contributed by atoms with Gasteiger partial charge in [-0.25, -0.2) is 23.7 Å². The molecular formula is C16H16F2N6S. The lowest BCUT2D eigenvalue weighted by Gasteiger charge is -2.08. The molecule has 3 heterocycles. The molecule has 0 radical (unpaired) electrons. The second kappa shape index (κ2) is 6.93. The molecule has 0 aromatic carbocycles. The summed E-state index contributed by atoms with van der Waals surface area (Å²) in [5.41, 5.74) is 1.11. The van der Waals surface area contributed by atoms with Gasteiger partial charge in [0.05, 0.1) is 12.4 Å². The Balaban J connectivity index is 1.50. The molecular weight excluding hydrogens is 346 g/mol. The van der Waals surface area contributed by atoms with Crippen molar-refractivity contribution in [2.24, 2.45) is 0 Å². The molecule has 1 fully saturated rings. The monoisotopic (exact) mass is 362 g/mol. The third-order valence-corrected chi connectivity index (χ3v) is 4.71. The van der Waals surface area contributed by atoms with Crippen LogP contribution in [0.25, 0.3) is 22.4 Å². The Hall–Kier alpha value is -2.26. The summed E-state index contributed by atoms with van der Waals surface area (Å²) in [5.74, 6) is 0.265. The van der Waals surface area contributed by atoms with Crippen molar-refractivity contribution in [3.63, 3.8) is 0 Å². The summed E-state index contributed by atoms with van der Waals surface area (Å²) in [4.78, 5) is 15.2. The van der Waals surface area contributed by atoms with Crippen molar-refractivity contribution >= 4 is 28.8 Å². The number of hydrogen-bond donors (Lipinski definition) is 3. The lowest BCUT2D eigenvalue weighted by Crippen LogP contribution is -2.13. The van der Waals surface area contributed by atoms with Crippen LogP contribution in [0.4, 0.5) is 14.6 Å². The highest BCUT2D eigenvalue weighted by molar-refractivity contribution is 7.97. The number of hydrogen-bond acceptors (Lipinski definition) is 6. The minimum atomic E-state index is -0.520. The van der Waals surface area contributed by atoms with Gasteiger partial charge in [-0.1, -0.05) is 11.9 Å². The van der Waals surface area contributed by atoms with Gasteiger partial charge in [0.25, 0.3) is 0 Å². The van der Waals surface area contributed by atoms with Gasteiger partial charge in [-0.2, -0.15) is 0 Å². The van der Waals surface area contributed by atoms with E-state index in [1.165, 1.54) is 18.9 Å². The van der Waals surface area contributed by atoms with E-state index in [1.807, 2.05) is 0 Å². The molecule has 3 aromatic heterocycles. The molecule has 6 nitrogen and oxygen atoms in total. The van der Waals surface area contributed by atoms with E-state index >= 15 is 0 Å². The number of fused-ring (bicyclic) bond motifs is 1. The van der Waals surface area contributed by atoms with E-state index in [4.69, 9.17) is 0 Å². The number of halogens is 2.